The van der Waals surface area contributed by atoms with E-state index in [9.17, 15) is 9.59 Å². The lowest BCUT2D eigenvalue weighted by atomic mass is 10.1. The van der Waals surface area contributed by atoms with Gasteiger partial charge in [-0.3, -0.25) is 9.59 Å². The molecule has 2 aromatic rings. The average molecular weight is 352 g/mol. The number of nitrogens with one attached hydrogen (secondary N) is 1. The Hall–Kier alpha value is -3.02. The van der Waals surface area contributed by atoms with E-state index in [0.29, 0.717) is 31.3 Å². The number of hydrogen-bond acceptors (Lipinski definition) is 4. The van der Waals surface area contributed by atoms with Gasteiger partial charge in [-0.15, -0.1) is 0 Å². The Bertz CT molecular complexity index is 865. The molecule has 2 aliphatic heterocycles. The monoisotopic (exact) mass is 352 g/mol. The number of anilines is 2. The van der Waals surface area contributed by atoms with E-state index >= 15 is 0 Å². The van der Waals surface area contributed by atoms with Crippen molar-refractivity contribution in [2.45, 2.75) is 13.3 Å². The Balaban J connectivity index is 1.47. The second-order valence-corrected chi connectivity index (χ2v) is 6.59. The number of hydrogen-bond donors (Lipinski definition) is 1. The molecule has 2 heterocycles. The van der Waals surface area contributed by atoms with Crippen LogP contribution in [0.2, 0.25) is 0 Å². The summed E-state index contributed by atoms with van der Waals surface area (Å²) in [5, 5.41) is 2.90. The molecule has 1 N–H and O–H groups in total. The van der Waals surface area contributed by atoms with Crippen molar-refractivity contribution in [3.05, 3.63) is 48.0 Å². The number of nitrogens with zero attached hydrogens (tertiary/aromatic N) is 1. The molecule has 0 spiro atoms. The van der Waals surface area contributed by atoms with Crippen LogP contribution in [-0.2, 0) is 9.59 Å². The van der Waals surface area contributed by atoms with E-state index in [4.69, 9.17) is 9.47 Å². The largest absolute Gasteiger partial charge is 0.486 e. The van der Waals surface area contributed by atoms with Crippen molar-refractivity contribution in [3.63, 3.8) is 0 Å². The first-order valence-electron chi connectivity index (χ1n) is 8.68. The molecule has 0 aromatic heterocycles. The molecule has 1 unspecified atom stereocenters. The highest BCUT2D eigenvalue weighted by Gasteiger charge is 2.35. The Morgan fingerprint density at radius 1 is 1.12 bits per heavy atom. The summed E-state index contributed by atoms with van der Waals surface area (Å²) in [6.07, 6.45) is 0.200. The molecule has 0 saturated carbocycles. The van der Waals surface area contributed by atoms with Crippen LogP contribution in [-0.4, -0.2) is 31.6 Å². The van der Waals surface area contributed by atoms with E-state index in [1.54, 1.807) is 17.0 Å². The van der Waals surface area contributed by atoms with Gasteiger partial charge in [0.25, 0.3) is 0 Å². The second-order valence-electron chi connectivity index (χ2n) is 6.59. The molecule has 6 heteroatoms. The second kappa shape index (κ2) is 6.71. The molecule has 0 aliphatic carbocycles. The van der Waals surface area contributed by atoms with Crippen LogP contribution in [0.15, 0.2) is 42.5 Å². The van der Waals surface area contributed by atoms with Gasteiger partial charge >= 0.3 is 0 Å². The predicted octanol–water partition coefficient (Wildman–Crippen LogP) is 2.76. The van der Waals surface area contributed by atoms with Gasteiger partial charge in [0, 0.05) is 30.4 Å². The van der Waals surface area contributed by atoms with Gasteiger partial charge < -0.3 is 19.7 Å². The minimum Gasteiger partial charge on any atom is -0.486 e. The van der Waals surface area contributed by atoms with Gasteiger partial charge in [-0.05, 0) is 36.8 Å². The zero-order chi connectivity index (χ0) is 18.1. The number of carbonyl (C=O) groups excluding carboxylic acids is 2. The summed E-state index contributed by atoms with van der Waals surface area (Å²) in [6, 6.07) is 13.1. The zero-order valence-electron chi connectivity index (χ0n) is 14.5. The van der Waals surface area contributed by atoms with E-state index in [-0.39, 0.29) is 24.2 Å². The van der Waals surface area contributed by atoms with Crippen molar-refractivity contribution in [1.82, 2.24) is 0 Å². The van der Waals surface area contributed by atoms with Gasteiger partial charge in [0.2, 0.25) is 11.8 Å². The molecule has 1 atom stereocenters. The van der Waals surface area contributed by atoms with E-state index < -0.39 is 0 Å². The summed E-state index contributed by atoms with van der Waals surface area (Å²) in [5.74, 6) is 0.737. The smallest absolute Gasteiger partial charge is 0.229 e. The summed E-state index contributed by atoms with van der Waals surface area (Å²) < 4.78 is 11.1. The molecule has 2 aliphatic rings. The molecular weight excluding hydrogens is 332 g/mol. The van der Waals surface area contributed by atoms with Gasteiger partial charge in [-0.25, -0.2) is 0 Å². The standard InChI is InChI=1S/C20H20N2O4/c1-13-3-2-4-15(9-13)21-20(24)14-10-19(23)22(12-14)16-5-6-17-18(11-16)26-8-7-25-17/h2-6,9,11,14H,7-8,10,12H2,1H3,(H,21,24). The first-order chi connectivity index (χ1) is 12.6. The third-order valence-corrected chi connectivity index (χ3v) is 4.62. The lowest BCUT2D eigenvalue weighted by Gasteiger charge is -2.22. The van der Waals surface area contributed by atoms with Gasteiger partial charge in [0.15, 0.2) is 11.5 Å². The van der Waals surface area contributed by atoms with Gasteiger partial charge in [0.1, 0.15) is 13.2 Å². The highest BCUT2D eigenvalue weighted by Crippen LogP contribution is 2.36. The van der Waals surface area contributed by atoms with Crippen LogP contribution >= 0.6 is 0 Å². The van der Waals surface area contributed by atoms with Gasteiger partial charge in [-0.2, -0.15) is 0 Å². The predicted molar refractivity (Wildman–Crippen MR) is 97.7 cm³/mol. The summed E-state index contributed by atoms with van der Waals surface area (Å²) in [7, 11) is 0. The maximum absolute atomic E-state index is 12.5. The number of aryl methyl sites for hydroxylation is 1. The topological polar surface area (TPSA) is 67.9 Å². The Labute approximate surface area is 151 Å². The molecule has 1 fully saturated rings. The Morgan fingerprint density at radius 2 is 1.92 bits per heavy atom. The van der Waals surface area contributed by atoms with Crippen LogP contribution in [0.25, 0.3) is 0 Å². The minimum absolute atomic E-state index is 0.0638. The highest BCUT2D eigenvalue weighted by atomic mass is 16.6. The third kappa shape index (κ3) is 3.22. The third-order valence-electron chi connectivity index (χ3n) is 4.62. The summed E-state index contributed by atoms with van der Waals surface area (Å²) in [4.78, 5) is 26.6. The van der Waals surface area contributed by atoms with Crippen LogP contribution in [0.5, 0.6) is 11.5 Å². The normalized spacial score (nSPS) is 18.7. The highest BCUT2D eigenvalue weighted by molar-refractivity contribution is 6.03. The van der Waals surface area contributed by atoms with Gasteiger partial charge in [-0.1, -0.05) is 12.1 Å². The van der Waals surface area contributed by atoms with Crippen molar-refractivity contribution < 1.29 is 19.1 Å². The van der Waals surface area contributed by atoms with Crippen molar-refractivity contribution >= 4 is 23.2 Å². The van der Waals surface area contributed by atoms with Crippen molar-refractivity contribution in [2.24, 2.45) is 5.92 Å². The molecule has 2 amide bonds. The van der Waals surface area contributed by atoms with E-state index in [1.165, 1.54) is 0 Å². The van der Waals surface area contributed by atoms with Crippen molar-refractivity contribution in [2.75, 3.05) is 30.0 Å². The fraction of sp³-hybridized carbons (Fsp3) is 0.300. The van der Waals surface area contributed by atoms with E-state index in [1.807, 2.05) is 37.3 Å². The van der Waals surface area contributed by atoms with Crippen LogP contribution < -0.4 is 19.7 Å². The molecule has 4 rings (SSSR count). The molecule has 134 valence electrons. The zero-order valence-corrected chi connectivity index (χ0v) is 14.5. The number of amides is 2. The Kier molecular flexibility index (Phi) is 4.24. The minimum atomic E-state index is -0.379. The van der Waals surface area contributed by atoms with Gasteiger partial charge in [0.05, 0.1) is 5.92 Å². The van der Waals surface area contributed by atoms with Crippen molar-refractivity contribution in [3.8, 4) is 11.5 Å². The molecular formula is C20H20N2O4. The number of fused-ring (bicyclic) bond motifs is 1. The first-order valence-corrected chi connectivity index (χ1v) is 8.68. The van der Waals surface area contributed by atoms with Crippen LogP contribution in [0.1, 0.15) is 12.0 Å². The fourth-order valence-corrected chi connectivity index (χ4v) is 3.30. The van der Waals surface area contributed by atoms with E-state index in [0.717, 1.165) is 16.9 Å². The lowest BCUT2D eigenvalue weighted by Crippen LogP contribution is -2.28. The Morgan fingerprint density at radius 3 is 2.73 bits per heavy atom. The summed E-state index contributed by atoms with van der Waals surface area (Å²) >= 11 is 0. The molecule has 1 saturated heterocycles. The van der Waals surface area contributed by atoms with Crippen LogP contribution in [0.3, 0.4) is 0 Å². The maximum Gasteiger partial charge on any atom is 0.229 e. The lowest BCUT2D eigenvalue weighted by molar-refractivity contribution is -0.122. The molecule has 0 radical (unpaired) electrons. The summed E-state index contributed by atoms with van der Waals surface area (Å²) in [6.45, 7) is 3.34. The van der Waals surface area contributed by atoms with E-state index in [2.05, 4.69) is 5.32 Å². The number of carbonyl (C=O) groups is 2. The molecule has 6 nitrogen and oxygen atoms in total. The van der Waals surface area contributed by atoms with Crippen molar-refractivity contribution in [1.29, 1.82) is 0 Å². The quantitative estimate of drug-likeness (QED) is 0.922. The average Bonchev–Trinajstić information content (AvgIpc) is 3.03. The molecule has 26 heavy (non-hydrogen) atoms. The number of ether oxygens (including phenoxy) is 2. The SMILES string of the molecule is Cc1cccc(NC(=O)C2CC(=O)N(c3ccc4c(c3)OCCO4)C2)c1. The van der Waals surface area contributed by atoms with Crippen LogP contribution in [0, 0.1) is 12.8 Å². The number of rotatable bonds is 3. The first kappa shape index (κ1) is 16.4. The number of benzene rings is 2. The summed E-state index contributed by atoms with van der Waals surface area (Å²) in [5.41, 5.74) is 2.55. The fourth-order valence-electron chi connectivity index (χ4n) is 3.30. The molecule has 0 bridgehead atoms. The maximum atomic E-state index is 12.5. The van der Waals surface area contributed by atoms with Crippen LogP contribution in [0.4, 0.5) is 11.4 Å². The molecule has 2 aromatic carbocycles.